The topological polar surface area (TPSA) is 53.9 Å². The van der Waals surface area contributed by atoms with Gasteiger partial charge in [-0.3, -0.25) is 9.79 Å². The molecule has 5 nitrogen and oxygen atoms in total. The Morgan fingerprint density at radius 2 is 1.89 bits per heavy atom. The minimum absolute atomic E-state index is 0.0265. The standard InChI is InChI=1S/C22H35N3O2/c1-5-23-21(25-14-12-19(13-15-25)20(26)27-6-2)24-17-22(3,4)16-18-10-8-7-9-11-18/h7-11,19H,5-6,12-17H2,1-4H3,(H,23,24). The molecule has 1 N–H and O–H groups in total. The molecule has 1 aliphatic rings. The quantitative estimate of drug-likeness (QED) is 0.452. The Hall–Kier alpha value is -2.04. The van der Waals surface area contributed by atoms with Gasteiger partial charge in [0.2, 0.25) is 0 Å². The third kappa shape index (κ3) is 6.89. The second-order valence-electron chi connectivity index (χ2n) is 8.01. The average Bonchev–Trinajstić information content (AvgIpc) is 2.66. The summed E-state index contributed by atoms with van der Waals surface area (Å²) in [6, 6.07) is 10.6. The molecule has 1 saturated heterocycles. The number of benzene rings is 1. The van der Waals surface area contributed by atoms with Crippen LogP contribution in [0.5, 0.6) is 0 Å². The van der Waals surface area contributed by atoms with Crippen molar-refractivity contribution in [2.24, 2.45) is 16.3 Å². The molecule has 2 rings (SSSR count). The van der Waals surface area contributed by atoms with Gasteiger partial charge in [0.1, 0.15) is 0 Å². The molecule has 0 amide bonds. The Morgan fingerprint density at radius 1 is 1.22 bits per heavy atom. The van der Waals surface area contributed by atoms with Crippen LogP contribution in [0.3, 0.4) is 0 Å². The molecule has 27 heavy (non-hydrogen) atoms. The normalized spacial score (nSPS) is 16.3. The summed E-state index contributed by atoms with van der Waals surface area (Å²) < 4.78 is 5.17. The zero-order valence-electron chi connectivity index (χ0n) is 17.3. The van der Waals surface area contributed by atoms with Crippen molar-refractivity contribution in [2.75, 3.05) is 32.8 Å². The summed E-state index contributed by atoms with van der Waals surface area (Å²) >= 11 is 0. The number of nitrogens with zero attached hydrogens (tertiary/aromatic N) is 2. The van der Waals surface area contributed by atoms with Crippen molar-refractivity contribution < 1.29 is 9.53 Å². The van der Waals surface area contributed by atoms with Crippen LogP contribution in [-0.4, -0.2) is 49.6 Å². The lowest BCUT2D eigenvalue weighted by atomic mass is 9.86. The molecule has 1 aliphatic heterocycles. The van der Waals surface area contributed by atoms with Gasteiger partial charge in [0.05, 0.1) is 12.5 Å². The molecule has 1 aromatic carbocycles. The Balaban J connectivity index is 1.95. The average molecular weight is 374 g/mol. The number of carbonyl (C=O) groups is 1. The highest BCUT2D eigenvalue weighted by atomic mass is 16.5. The van der Waals surface area contributed by atoms with Crippen molar-refractivity contribution in [3.8, 4) is 0 Å². The summed E-state index contributed by atoms with van der Waals surface area (Å²) in [5, 5.41) is 3.42. The van der Waals surface area contributed by atoms with Crippen LogP contribution in [0.15, 0.2) is 35.3 Å². The third-order valence-electron chi connectivity index (χ3n) is 4.93. The van der Waals surface area contributed by atoms with E-state index in [-0.39, 0.29) is 17.3 Å². The van der Waals surface area contributed by atoms with Crippen molar-refractivity contribution >= 4 is 11.9 Å². The largest absolute Gasteiger partial charge is 0.466 e. The van der Waals surface area contributed by atoms with Crippen molar-refractivity contribution in [1.29, 1.82) is 0 Å². The van der Waals surface area contributed by atoms with E-state index >= 15 is 0 Å². The fourth-order valence-corrected chi connectivity index (χ4v) is 3.51. The van der Waals surface area contributed by atoms with Gasteiger partial charge in [0.15, 0.2) is 5.96 Å². The molecule has 0 bridgehead atoms. The van der Waals surface area contributed by atoms with E-state index in [9.17, 15) is 4.79 Å². The molecular weight excluding hydrogens is 338 g/mol. The van der Waals surface area contributed by atoms with Gasteiger partial charge in [-0.25, -0.2) is 0 Å². The maximum absolute atomic E-state index is 11.9. The van der Waals surface area contributed by atoms with Gasteiger partial charge >= 0.3 is 5.97 Å². The van der Waals surface area contributed by atoms with Crippen molar-refractivity contribution in [1.82, 2.24) is 10.2 Å². The number of likely N-dealkylation sites (tertiary alicyclic amines) is 1. The van der Waals surface area contributed by atoms with Gasteiger partial charge in [-0.1, -0.05) is 44.2 Å². The zero-order valence-corrected chi connectivity index (χ0v) is 17.3. The molecule has 0 spiro atoms. The molecule has 0 radical (unpaired) electrons. The molecule has 1 fully saturated rings. The first-order chi connectivity index (χ1) is 12.9. The lowest BCUT2D eigenvalue weighted by Crippen LogP contribution is -2.47. The first-order valence-electron chi connectivity index (χ1n) is 10.2. The van der Waals surface area contributed by atoms with E-state index in [1.54, 1.807) is 0 Å². The summed E-state index contributed by atoms with van der Waals surface area (Å²) in [6.07, 6.45) is 2.66. The number of ether oxygens (including phenoxy) is 1. The van der Waals surface area contributed by atoms with Gasteiger partial charge in [0, 0.05) is 26.2 Å². The van der Waals surface area contributed by atoms with Crippen LogP contribution in [0.4, 0.5) is 0 Å². The summed E-state index contributed by atoms with van der Waals surface area (Å²) in [5.41, 5.74) is 1.43. The van der Waals surface area contributed by atoms with Crippen LogP contribution in [0.25, 0.3) is 0 Å². The number of guanidine groups is 1. The number of carbonyl (C=O) groups excluding carboxylic acids is 1. The number of esters is 1. The van der Waals surface area contributed by atoms with E-state index in [0.29, 0.717) is 6.61 Å². The summed E-state index contributed by atoms with van der Waals surface area (Å²) in [7, 11) is 0. The van der Waals surface area contributed by atoms with Crippen LogP contribution in [-0.2, 0) is 16.0 Å². The van der Waals surface area contributed by atoms with E-state index < -0.39 is 0 Å². The minimum atomic E-state index is -0.0527. The molecule has 0 aliphatic carbocycles. The maximum atomic E-state index is 11.9. The van der Waals surface area contributed by atoms with Gasteiger partial charge < -0.3 is 15.0 Å². The van der Waals surface area contributed by atoms with Crippen LogP contribution in [0.1, 0.15) is 46.1 Å². The fourth-order valence-electron chi connectivity index (χ4n) is 3.51. The van der Waals surface area contributed by atoms with Gasteiger partial charge in [-0.15, -0.1) is 0 Å². The van der Waals surface area contributed by atoms with Crippen LogP contribution in [0.2, 0.25) is 0 Å². The summed E-state index contributed by atoms with van der Waals surface area (Å²) in [4.78, 5) is 19.1. The molecular formula is C22H35N3O2. The van der Waals surface area contributed by atoms with E-state index in [2.05, 4.69) is 61.3 Å². The number of nitrogens with one attached hydrogen (secondary N) is 1. The molecule has 1 heterocycles. The Labute approximate surface area is 164 Å². The number of hydrogen-bond acceptors (Lipinski definition) is 3. The van der Waals surface area contributed by atoms with Crippen LogP contribution >= 0.6 is 0 Å². The molecule has 150 valence electrons. The number of aliphatic imine (C=N–C) groups is 1. The molecule has 0 unspecified atom stereocenters. The fraction of sp³-hybridized carbons (Fsp3) is 0.636. The molecule has 0 saturated carbocycles. The molecule has 5 heteroatoms. The highest BCUT2D eigenvalue weighted by molar-refractivity contribution is 5.80. The third-order valence-corrected chi connectivity index (χ3v) is 4.93. The number of rotatable bonds is 7. The molecule has 0 atom stereocenters. The van der Waals surface area contributed by atoms with Crippen molar-refractivity contribution in [2.45, 2.75) is 47.0 Å². The van der Waals surface area contributed by atoms with Crippen molar-refractivity contribution in [3.05, 3.63) is 35.9 Å². The highest BCUT2D eigenvalue weighted by Gasteiger charge is 2.28. The first kappa shape index (κ1) is 21.3. The lowest BCUT2D eigenvalue weighted by Gasteiger charge is -2.34. The predicted octanol–water partition coefficient (Wildman–Crippen LogP) is 3.50. The van der Waals surface area contributed by atoms with E-state index in [1.807, 2.05) is 6.92 Å². The number of piperidine rings is 1. The highest BCUT2D eigenvalue weighted by Crippen LogP contribution is 2.23. The van der Waals surface area contributed by atoms with E-state index in [4.69, 9.17) is 9.73 Å². The van der Waals surface area contributed by atoms with Crippen molar-refractivity contribution in [3.63, 3.8) is 0 Å². The molecule has 0 aromatic heterocycles. The van der Waals surface area contributed by atoms with Gasteiger partial charge in [-0.05, 0) is 44.1 Å². The van der Waals surface area contributed by atoms with E-state index in [0.717, 1.165) is 51.4 Å². The van der Waals surface area contributed by atoms with E-state index in [1.165, 1.54) is 5.56 Å². The summed E-state index contributed by atoms with van der Waals surface area (Å²) in [5.74, 6) is 0.933. The maximum Gasteiger partial charge on any atom is 0.309 e. The number of hydrogen-bond donors (Lipinski definition) is 1. The first-order valence-corrected chi connectivity index (χ1v) is 10.2. The lowest BCUT2D eigenvalue weighted by molar-refractivity contribution is -0.149. The minimum Gasteiger partial charge on any atom is -0.466 e. The summed E-state index contributed by atoms with van der Waals surface area (Å²) in [6.45, 7) is 12.2. The van der Waals surface area contributed by atoms with Gasteiger partial charge in [0.25, 0.3) is 0 Å². The zero-order chi connectivity index (χ0) is 19.7. The van der Waals surface area contributed by atoms with Gasteiger partial charge in [-0.2, -0.15) is 0 Å². The SMILES string of the molecule is CCNC(=NCC(C)(C)Cc1ccccc1)N1CCC(C(=O)OCC)CC1. The van der Waals surface area contributed by atoms with Crippen LogP contribution in [0, 0.1) is 11.3 Å². The molecule has 1 aromatic rings. The Morgan fingerprint density at radius 3 is 2.48 bits per heavy atom. The Kier molecular flexibility index (Phi) is 8.14. The Bertz CT molecular complexity index is 605. The van der Waals surface area contributed by atoms with Crippen LogP contribution < -0.4 is 5.32 Å². The monoisotopic (exact) mass is 373 g/mol. The second kappa shape index (κ2) is 10.3. The second-order valence-corrected chi connectivity index (χ2v) is 8.01. The predicted molar refractivity (Wildman–Crippen MR) is 111 cm³/mol. The smallest absolute Gasteiger partial charge is 0.309 e.